The van der Waals surface area contributed by atoms with Crippen LogP contribution < -0.4 is 22.1 Å². The highest BCUT2D eigenvalue weighted by Crippen LogP contribution is 2.32. The van der Waals surface area contributed by atoms with Gasteiger partial charge in [-0.2, -0.15) is 0 Å². The minimum atomic E-state index is -0.539. The number of nitrogens with one attached hydrogen (secondary N) is 4. The maximum absolute atomic E-state index is 12.8. The lowest BCUT2D eigenvalue weighted by atomic mass is 9.95. The number of amides is 3. The number of fused-ring (bicyclic) bond motifs is 2. The number of aromatic nitrogens is 2. The first kappa shape index (κ1) is 38.6. The second-order valence-corrected chi connectivity index (χ2v) is 14.2. The lowest BCUT2D eigenvalue weighted by Gasteiger charge is -2.36. The van der Waals surface area contributed by atoms with Gasteiger partial charge in [-0.3, -0.25) is 14.8 Å². The van der Waals surface area contributed by atoms with Gasteiger partial charge in [0, 0.05) is 31.6 Å². The van der Waals surface area contributed by atoms with Crippen molar-refractivity contribution in [2.75, 3.05) is 19.6 Å². The van der Waals surface area contributed by atoms with Gasteiger partial charge in [0.25, 0.3) is 0 Å². The van der Waals surface area contributed by atoms with Crippen LogP contribution in [0.5, 0.6) is 0 Å². The zero-order chi connectivity index (χ0) is 37.8. The van der Waals surface area contributed by atoms with Crippen molar-refractivity contribution in [3.05, 3.63) is 105 Å². The molecule has 5 aromatic rings. The topological polar surface area (TPSA) is 180 Å². The Labute approximate surface area is 307 Å². The standard InChI is InChI=1S/C23H27N3O3.C17H22N2O5/c27-22(24-14-6-4-10-17-8-2-1-3-9-17)26-15-7-5-11-20(26)18-12-13-19-21(16-18)29-23(28)25-19;1-17(2,3)24-15(21)18-9-5-4-6-13(20)11-7-8-12-14(10-11)23-16(22)19-12/h1-3,8-9,12-13,16,20H,4-7,10-11,14-15H2,(H,24,27)(H,25,28);7-8,10H,4-6,9H2,1-3H3,(H,18,21)(H,19,22). The van der Waals surface area contributed by atoms with E-state index < -0.39 is 23.2 Å². The van der Waals surface area contributed by atoms with E-state index in [1.165, 1.54) is 5.56 Å². The van der Waals surface area contributed by atoms with Crippen molar-refractivity contribution >= 4 is 40.1 Å². The number of hydrogen-bond acceptors (Lipinski definition) is 8. The third-order valence-electron chi connectivity index (χ3n) is 8.85. The molecule has 1 atom stereocenters. The highest BCUT2D eigenvalue weighted by atomic mass is 16.6. The van der Waals surface area contributed by atoms with E-state index in [0.29, 0.717) is 60.1 Å². The highest BCUT2D eigenvalue weighted by Gasteiger charge is 2.28. The van der Waals surface area contributed by atoms with Crippen LogP contribution in [0, 0.1) is 0 Å². The molecule has 2 aromatic heterocycles. The number of unbranched alkanes of at least 4 members (excludes halogenated alkanes) is 2. The average molecular weight is 728 g/mol. The molecule has 1 aliphatic heterocycles. The van der Waals surface area contributed by atoms with E-state index in [-0.39, 0.29) is 17.9 Å². The van der Waals surface area contributed by atoms with E-state index in [0.717, 1.165) is 50.6 Å². The van der Waals surface area contributed by atoms with E-state index in [1.807, 2.05) is 29.2 Å². The molecule has 1 aliphatic rings. The molecular weight excluding hydrogens is 678 g/mol. The molecule has 53 heavy (non-hydrogen) atoms. The maximum atomic E-state index is 12.8. The molecule has 0 saturated carbocycles. The van der Waals surface area contributed by atoms with Gasteiger partial charge in [0.05, 0.1) is 17.1 Å². The Bertz CT molecular complexity index is 2090. The molecule has 1 unspecified atom stereocenters. The zero-order valence-electron chi connectivity index (χ0n) is 30.6. The first-order valence-electron chi connectivity index (χ1n) is 18.3. The Morgan fingerprint density at radius 1 is 0.811 bits per heavy atom. The molecule has 6 rings (SSSR count). The maximum Gasteiger partial charge on any atom is 0.417 e. The average Bonchev–Trinajstić information content (AvgIpc) is 3.70. The molecule has 0 spiro atoms. The van der Waals surface area contributed by atoms with Crippen LogP contribution in [0.1, 0.15) is 99.7 Å². The molecular formula is C40H49N5O8. The number of piperidine rings is 1. The first-order valence-corrected chi connectivity index (χ1v) is 18.3. The number of urea groups is 1. The number of ketones is 1. The quantitative estimate of drug-likeness (QED) is 0.0759. The molecule has 3 heterocycles. The van der Waals surface area contributed by atoms with Crippen molar-refractivity contribution in [2.24, 2.45) is 0 Å². The summed E-state index contributed by atoms with van der Waals surface area (Å²) < 4.78 is 15.3. The number of likely N-dealkylation sites (tertiary alicyclic amines) is 1. The summed E-state index contributed by atoms with van der Waals surface area (Å²) in [4.78, 5) is 66.0. The molecule has 0 radical (unpaired) electrons. The van der Waals surface area contributed by atoms with Crippen LogP contribution in [0.4, 0.5) is 9.59 Å². The van der Waals surface area contributed by atoms with E-state index >= 15 is 0 Å². The number of hydrogen-bond donors (Lipinski definition) is 4. The van der Waals surface area contributed by atoms with E-state index in [4.69, 9.17) is 13.6 Å². The van der Waals surface area contributed by atoms with Gasteiger partial charge in [0.15, 0.2) is 16.9 Å². The number of oxazole rings is 2. The van der Waals surface area contributed by atoms with E-state index in [9.17, 15) is 24.0 Å². The van der Waals surface area contributed by atoms with Crippen LogP contribution in [0.3, 0.4) is 0 Å². The molecule has 13 heteroatoms. The highest BCUT2D eigenvalue weighted by molar-refractivity contribution is 5.98. The third-order valence-corrected chi connectivity index (χ3v) is 8.85. The van der Waals surface area contributed by atoms with Crippen molar-refractivity contribution in [2.45, 2.75) is 90.2 Å². The predicted octanol–water partition coefficient (Wildman–Crippen LogP) is 7.38. The molecule has 13 nitrogen and oxygen atoms in total. The van der Waals surface area contributed by atoms with Gasteiger partial charge in [-0.15, -0.1) is 0 Å². The van der Waals surface area contributed by atoms with Crippen molar-refractivity contribution < 1.29 is 28.0 Å². The largest absolute Gasteiger partial charge is 0.444 e. The number of ether oxygens (including phenoxy) is 1. The first-order chi connectivity index (χ1) is 25.4. The molecule has 3 aromatic carbocycles. The Morgan fingerprint density at radius 2 is 1.47 bits per heavy atom. The van der Waals surface area contributed by atoms with Gasteiger partial charge in [-0.05, 0) is 114 Å². The number of carbonyl (C=O) groups is 3. The fourth-order valence-corrected chi connectivity index (χ4v) is 6.26. The number of aryl methyl sites for hydroxylation is 1. The molecule has 0 aliphatic carbocycles. The van der Waals surface area contributed by atoms with Gasteiger partial charge in [0.1, 0.15) is 5.60 Å². The normalized spacial score (nSPS) is 14.4. The zero-order valence-corrected chi connectivity index (χ0v) is 30.6. The fourth-order valence-electron chi connectivity index (χ4n) is 6.26. The van der Waals surface area contributed by atoms with Gasteiger partial charge < -0.3 is 29.1 Å². The van der Waals surface area contributed by atoms with Crippen LogP contribution in [0.15, 0.2) is 85.2 Å². The molecule has 282 valence electrons. The van der Waals surface area contributed by atoms with Crippen molar-refractivity contribution in [1.29, 1.82) is 0 Å². The summed E-state index contributed by atoms with van der Waals surface area (Å²) in [5.41, 5.74) is 4.50. The minimum absolute atomic E-state index is 0.00923. The Balaban J connectivity index is 0.000000209. The van der Waals surface area contributed by atoms with Crippen molar-refractivity contribution in [3.8, 4) is 0 Å². The minimum Gasteiger partial charge on any atom is -0.444 e. The number of alkyl carbamates (subject to hydrolysis) is 1. The second-order valence-electron chi connectivity index (χ2n) is 14.2. The lowest BCUT2D eigenvalue weighted by molar-refractivity contribution is 0.0527. The number of rotatable bonds is 12. The fraction of sp³-hybridized carbons (Fsp3) is 0.425. The van der Waals surface area contributed by atoms with Gasteiger partial charge in [-0.1, -0.05) is 36.4 Å². The monoisotopic (exact) mass is 727 g/mol. The van der Waals surface area contributed by atoms with E-state index in [1.54, 1.807) is 39.0 Å². The Kier molecular flexibility index (Phi) is 13.3. The van der Waals surface area contributed by atoms with Gasteiger partial charge in [0.2, 0.25) is 0 Å². The smallest absolute Gasteiger partial charge is 0.417 e. The Morgan fingerprint density at radius 3 is 2.19 bits per heavy atom. The van der Waals surface area contributed by atoms with Crippen molar-refractivity contribution in [1.82, 2.24) is 25.5 Å². The molecule has 1 fully saturated rings. The molecule has 0 bridgehead atoms. The summed E-state index contributed by atoms with van der Waals surface area (Å²) >= 11 is 0. The summed E-state index contributed by atoms with van der Waals surface area (Å²) in [6.07, 6.45) is 7.27. The predicted molar refractivity (Wildman–Crippen MR) is 202 cm³/mol. The summed E-state index contributed by atoms with van der Waals surface area (Å²) in [7, 11) is 0. The summed E-state index contributed by atoms with van der Waals surface area (Å²) in [6, 6.07) is 21.0. The van der Waals surface area contributed by atoms with Crippen LogP contribution in [0.25, 0.3) is 22.2 Å². The molecule has 4 N–H and O–H groups in total. The second kappa shape index (κ2) is 18.3. The van der Waals surface area contributed by atoms with Crippen LogP contribution >= 0.6 is 0 Å². The molecule has 3 amide bonds. The van der Waals surface area contributed by atoms with Gasteiger partial charge in [-0.25, -0.2) is 19.2 Å². The van der Waals surface area contributed by atoms with Crippen LogP contribution in [-0.2, 0) is 11.2 Å². The Hall–Kier alpha value is -5.59. The SMILES string of the molecule is CC(C)(C)OC(=O)NCCCCC(=O)c1ccc2[nH]c(=O)oc2c1.O=C(NCCCCc1ccccc1)N1CCCCC1c1ccc2[nH]c(=O)oc2c1. The van der Waals surface area contributed by atoms with Gasteiger partial charge >= 0.3 is 23.6 Å². The van der Waals surface area contributed by atoms with Crippen LogP contribution in [-0.4, -0.2) is 58.0 Å². The third kappa shape index (κ3) is 11.7. The summed E-state index contributed by atoms with van der Waals surface area (Å²) in [5, 5.41) is 5.74. The number of benzene rings is 3. The number of carbonyl (C=O) groups excluding carboxylic acids is 3. The number of nitrogens with zero attached hydrogens (tertiary/aromatic N) is 1. The van der Waals surface area contributed by atoms with Crippen LogP contribution in [0.2, 0.25) is 0 Å². The van der Waals surface area contributed by atoms with Crippen molar-refractivity contribution in [3.63, 3.8) is 0 Å². The number of H-pyrrole nitrogens is 2. The molecule has 1 saturated heterocycles. The number of Topliss-reactive ketones (excluding diaryl/α,β-unsaturated/α-hetero) is 1. The van der Waals surface area contributed by atoms with E-state index in [2.05, 4.69) is 44.9 Å². The summed E-state index contributed by atoms with van der Waals surface area (Å²) in [5.74, 6) is -1.02. The summed E-state index contributed by atoms with van der Waals surface area (Å²) in [6.45, 7) is 7.28. The lowest BCUT2D eigenvalue weighted by Crippen LogP contribution is -2.44. The number of aromatic amines is 2.